The maximum absolute atomic E-state index is 12.7. The molecule has 2 unspecified atom stereocenters. The SMILES string of the molecule is Cc1oc(CCl)cc1S(=O)(=O)N1CC(C)CC(C)C1. The summed E-state index contributed by atoms with van der Waals surface area (Å²) in [6.45, 7) is 7.00. The number of rotatable bonds is 3. The first-order valence-corrected chi connectivity index (χ1v) is 8.47. The van der Waals surface area contributed by atoms with Crippen molar-refractivity contribution in [2.24, 2.45) is 11.8 Å². The van der Waals surface area contributed by atoms with Gasteiger partial charge in [0, 0.05) is 19.2 Å². The van der Waals surface area contributed by atoms with Crippen LogP contribution in [0.3, 0.4) is 0 Å². The first kappa shape index (κ1) is 14.9. The summed E-state index contributed by atoms with van der Waals surface area (Å²) in [7, 11) is -3.47. The van der Waals surface area contributed by atoms with Crippen LogP contribution in [0.1, 0.15) is 31.8 Å². The minimum Gasteiger partial charge on any atom is -0.464 e. The van der Waals surface area contributed by atoms with Gasteiger partial charge in [0.05, 0.1) is 5.88 Å². The zero-order valence-electron chi connectivity index (χ0n) is 11.5. The third kappa shape index (κ3) is 2.98. The van der Waals surface area contributed by atoms with E-state index in [9.17, 15) is 8.42 Å². The number of halogens is 1. The number of piperidine rings is 1. The Kier molecular flexibility index (Phi) is 4.28. The number of sulfonamides is 1. The first-order chi connectivity index (χ1) is 8.84. The Morgan fingerprint density at radius 1 is 1.37 bits per heavy atom. The van der Waals surface area contributed by atoms with E-state index >= 15 is 0 Å². The van der Waals surface area contributed by atoms with Crippen molar-refractivity contribution in [1.82, 2.24) is 4.31 Å². The lowest BCUT2D eigenvalue weighted by atomic mass is 9.94. The molecule has 0 radical (unpaired) electrons. The fraction of sp³-hybridized carbons (Fsp3) is 0.692. The van der Waals surface area contributed by atoms with E-state index in [1.54, 1.807) is 17.3 Å². The van der Waals surface area contributed by atoms with Crippen LogP contribution in [-0.4, -0.2) is 25.8 Å². The summed E-state index contributed by atoms with van der Waals surface area (Å²) in [5.41, 5.74) is 0. The highest BCUT2D eigenvalue weighted by molar-refractivity contribution is 7.89. The molecule has 0 spiro atoms. The minimum atomic E-state index is -3.47. The molecule has 1 aromatic rings. The van der Waals surface area contributed by atoms with Gasteiger partial charge in [0.15, 0.2) is 0 Å². The second-order valence-electron chi connectivity index (χ2n) is 5.53. The summed E-state index contributed by atoms with van der Waals surface area (Å²) >= 11 is 5.69. The van der Waals surface area contributed by atoms with Gasteiger partial charge in [-0.3, -0.25) is 0 Å². The third-order valence-corrected chi connectivity index (χ3v) is 5.71. The molecule has 2 rings (SSSR count). The average molecular weight is 306 g/mol. The highest BCUT2D eigenvalue weighted by Crippen LogP contribution is 2.29. The van der Waals surface area contributed by atoms with E-state index in [1.807, 2.05) is 0 Å². The van der Waals surface area contributed by atoms with Crippen LogP contribution in [0.2, 0.25) is 0 Å². The molecule has 0 amide bonds. The Labute approximate surface area is 119 Å². The fourth-order valence-electron chi connectivity index (χ4n) is 2.79. The van der Waals surface area contributed by atoms with E-state index in [0.717, 1.165) is 6.42 Å². The number of alkyl halides is 1. The molecule has 0 saturated carbocycles. The second kappa shape index (κ2) is 5.46. The van der Waals surface area contributed by atoms with Crippen LogP contribution in [0, 0.1) is 18.8 Å². The highest BCUT2D eigenvalue weighted by Gasteiger charge is 2.33. The van der Waals surface area contributed by atoms with Crippen molar-refractivity contribution in [3.05, 3.63) is 17.6 Å². The lowest BCUT2D eigenvalue weighted by Crippen LogP contribution is -2.42. The lowest BCUT2D eigenvalue weighted by molar-refractivity contribution is 0.222. The van der Waals surface area contributed by atoms with Gasteiger partial charge in [0.1, 0.15) is 16.4 Å². The normalized spacial score (nSPS) is 25.7. The Morgan fingerprint density at radius 3 is 2.42 bits per heavy atom. The summed E-state index contributed by atoms with van der Waals surface area (Å²) in [5, 5.41) is 0. The van der Waals surface area contributed by atoms with E-state index in [1.165, 1.54) is 0 Å². The predicted octanol–water partition coefficient (Wildman–Crippen LogP) is 2.99. The van der Waals surface area contributed by atoms with Gasteiger partial charge < -0.3 is 4.42 Å². The summed E-state index contributed by atoms with van der Waals surface area (Å²) in [4.78, 5) is 0.254. The standard InChI is InChI=1S/C13H20ClNO3S/c1-9-4-10(2)8-15(7-9)19(16,17)13-5-12(6-14)18-11(13)3/h5,9-10H,4,6-8H2,1-3H3. The number of hydrogen-bond acceptors (Lipinski definition) is 3. The van der Waals surface area contributed by atoms with E-state index in [0.29, 0.717) is 36.4 Å². The van der Waals surface area contributed by atoms with E-state index < -0.39 is 10.0 Å². The molecule has 1 aliphatic rings. The molecule has 0 N–H and O–H groups in total. The lowest BCUT2D eigenvalue weighted by Gasteiger charge is -2.33. The largest absolute Gasteiger partial charge is 0.464 e. The zero-order valence-corrected chi connectivity index (χ0v) is 13.1. The molecule has 2 atom stereocenters. The zero-order chi connectivity index (χ0) is 14.2. The van der Waals surface area contributed by atoms with Crippen molar-refractivity contribution in [2.45, 2.75) is 38.0 Å². The smallest absolute Gasteiger partial charge is 0.246 e. The molecule has 1 aromatic heterocycles. The van der Waals surface area contributed by atoms with Crippen molar-refractivity contribution in [3.63, 3.8) is 0 Å². The van der Waals surface area contributed by atoms with Gasteiger partial charge in [0.25, 0.3) is 0 Å². The van der Waals surface area contributed by atoms with Gasteiger partial charge in [-0.15, -0.1) is 11.6 Å². The van der Waals surface area contributed by atoms with E-state index in [2.05, 4.69) is 13.8 Å². The van der Waals surface area contributed by atoms with Gasteiger partial charge in [-0.1, -0.05) is 13.8 Å². The maximum Gasteiger partial charge on any atom is 0.246 e. The predicted molar refractivity (Wildman–Crippen MR) is 74.7 cm³/mol. The van der Waals surface area contributed by atoms with Gasteiger partial charge in [0.2, 0.25) is 10.0 Å². The van der Waals surface area contributed by atoms with E-state index in [4.69, 9.17) is 16.0 Å². The van der Waals surface area contributed by atoms with Crippen molar-refractivity contribution in [2.75, 3.05) is 13.1 Å². The van der Waals surface area contributed by atoms with E-state index in [-0.39, 0.29) is 10.8 Å². The Morgan fingerprint density at radius 2 is 1.95 bits per heavy atom. The van der Waals surface area contributed by atoms with Crippen LogP contribution >= 0.6 is 11.6 Å². The molecule has 1 saturated heterocycles. The number of aryl methyl sites for hydroxylation is 1. The molecule has 0 aromatic carbocycles. The summed E-state index contributed by atoms with van der Waals surface area (Å²) in [5.74, 6) is 1.87. The number of furan rings is 1. The molecule has 0 aliphatic carbocycles. The monoisotopic (exact) mass is 305 g/mol. The van der Waals surface area contributed by atoms with Crippen LogP contribution in [0.5, 0.6) is 0 Å². The van der Waals surface area contributed by atoms with Crippen molar-refractivity contribution >= 4 is 21.6 Å². The topological polar surface area (TPSA) is 50.5 Å². The van der Waals surface area contributed by atoms with Gasteiger partial charge in [-0.25, -0.2) is 8.42 Å². The molecule has 1 fully saturated rings. The molecule has 2 heterocycles. The van der Waals surface area contributed by atoms with Crippen LogP contribution in [0.4, 0.5) is 0 Å². The van der Waals surface area contributed by atoms with Gasteiger partial charge >= 0.3 is 0 Å². The Balaban J connectivity index is 2.33. The molecule has 1 aliphatic heterocycles. The maximum atomic E-state index is 12.7. The second-order valence-corrected chi connectivity index (χ2v) is 7.71. The van der Waals surface area contributed by atoms with Crippen LogP contribution < -0.4 is 0 Å². The molecule has 6 heteroatoms. The van der Waals surface area contributed by atoms with Gasteiger partial charge in [-0.05, 0) is 25.2 Å². The van der Waals surface area contributed by atoms with Crippen molar-refractivity contribution in [3.8, 4) is 0 Å². The molecule has 108 valence electrons. The van der Waals surface area contributed by atoms with Crippen molar-refractivity contribution in [1.29, 1.82) is 0 Å². The highest BCUT2D eigenvalue weighted by atomic mass is 35.5. The van der Waals surface area contributed by atoms with Crippen LogP contribution in [-0.2, 0) is 15.9 Å². The van der Waals surface area contributed by atoms with Gasteiger partial charge in [-0.2, -0.15) is 4.31 Å². The molecule has 4 nitrogen and oxygen atoms in total. The Hall–Kier alpha value is -0.520. The molecular formula is C13H20ClNO3S. The van der Waals surface area contributed by atoms with Crippen molar-refractivity contribution < 1.29 is 12.8 Å². The number of hydrogen-bond donors (Lipinski definition) is 0. The van der Waals surface area contributed by atoms with Crippen LogP contribution in [0.15, 0.2) is 15.4 Å². The van der Waals surface area contributed by atoms with Crippen LogP contribution in [0.25, 0.3) is 0 Å². The fourth-order valence-corrected chi connectivity index (χ4v) is 4.78. The quantitative estimate of drug-likeness (QED) is 0.807. The summed E-state index contributed by atoms with van der Waals surface area (Å²) < 4.78 is 32.2. The molecule has 0 bridgehead atoms. The third-order valence-electron chi connectivity index (χ3n) is 3.51. The molecular weight excluding hydrogens is 286 g/mol. The Bertz CT molecular complexity index is 542. The first-order valence-electron chi connectivity index (χ1n) is 6.50. The number of nitrogens with zero attached hydrogens (tertiary/aromatic N) is 1. The minimum absolute atomic E-state index is 0.184. The summed E-state index contributed by atoms with van der Waals surface area (Å²) in [6, 6.07) is 1.54. The average Bonchev–Trinajstić information content (AvgIpc) is 2.70. The summed E-state index contributed by atoms with van der Waals surface area (Å²) in [6.07, 6.45) is 1.07. The molecule has 19 heavy (non-hydrogen) atoms.